The third-order valence-electron chi connectivity index (χ3n) is 3.80. The molecule has 0 unspecified atom stereocenters. The summed E-state index contributed by atoms with van der Waals surface area (Å²) in [5.74, 6) is 0. The molecule has 3 rings (SSSR count). The van der Waals surface area contributed by atoms with Crippen molar-refractivity contribution < 1.29 is 8.42 Å². The zero-order valence-corrected chi connectivity index (χ0v) is 17.0. The van der Waals surface area contributed by atoms with Gasteiger partial charge < -0.3 is 0 Å². The number of hydrogen-bond acceptors (Lipinski definition) is 4. The van der Waals surface area contributed by atoms with Crippen LogP contribution in [0.25, 0.3) is 0 Å². The molecule has 0 aliphatic rings. The lowest BCUT2D eigenvalue weighted by Gasteiger charge is -2.11. The van der Waals surface area contributed by atoms with Crippen molar-refractivity contribution in [2.75, 3.05) is 10.1 Å². The lowest BCUT2D eigenvalue weighted by Crippen LogP contribution is -2.14. The Balaban J connectivity index is 1.80. The van der Waals surface area contributed by atoms with Crippen LogP contribution in [0, 0.1) is 6.92 Å². The fourth-order valence-electron chi connectivity index (χ4n) is 2.35. The molecule has 0 spiro atoms. The number of benzene rings is 3. The number of hydrogen-bond donors (Lipinski definition) is 2. The molecular formula is C20H18BrN3O2S. The highest BCUT2D eigenvalue weighted by atomic mass is 79.9. The molecule has 0 aromatic heterocycles. The molecule has 5 nitrogen and oxygen atoms in total. The van der Waals surface area contributed by atoms with E-state index in [0.29, 0.717) is 11.3 Å². The van der Waals surface area contributed by atoms with E-state index >= 15 is 0 Å². The molecule has 0 saturated carbocycles. The zero-order valence-electron chi connectivity index (χ0n) is 14.6. The highest BCUT2D eigenvalue weighted by molar-refractivity contribution is 9.10. The summed E-state index contributed by atoms with van der Waals surface area (Å²) in [4.78, 5) is 0.214. The topological polar surface area (TPSA) is 70.6 Å². The van der Waals surface area contributed by atoms with Crippen LogP contribution in [0.2, 0.25) is 0 Å². The van der Waals surface area contributed by atoms with Gasteiger partial charge in [0.25, 0.3) is 10.0 Å². The minimum atomic E-state index is -3.68. The van der Waals surface area contributed by atoms with Gasteiger partial charge in [-0.15, -0.1) is 0 Å². The Morgan fingerprint density at radius 1 is 0.889 bits per heavy atom. The average molecular weight is 444 g/mol. The first-order valence-corrected chi connectivity index (χ1v) is 10.5. The van der Waals surface area contributed by atoms with Gasteiger partial charge in [-0.25, -0.2) is 8.42 Å². The van der Waals surface area contributed by atoms with Gasteiger partial charge in [-0.3, -0.25) is 10.1 Å². The van der Waals surface area contributed by atoms with Gasteiger partial charge in [-0.1, -0.05) is 48.0 Å². The Hall–Kier alpha value is -2.64. The Morgan fingerprint density at radius 2 is 1.52 bits per heavy atom. The molecule has 2 N–H and O–H groups in total. The van der Waals surface area contributed by atoms with Crippen LogP contribution < -0.4 is 10.1 Å². The number of anilines is 2. The summed E-state index contributed by atoms with van der Waals surface area (Å²) < 4.78 is 28.8. The Labute approximate surface area is 167 Å². The number of aryl methyl sites for hydroxylation is 1. The lowest BCUT2D eigenvalue weighted by molar-refractivity contribution is 0.601. The van der Waals surface area contributed by atoms with Crippen LogP contribution in [0.4, 0.5) is 11.4 Å². The van der Waals surface area contributed by atoms with Gasteiger partial charge in [0.2, 0.25) is 0 Å². The molecule has 0 saturated heterocycles. The lowest BCUT2D eigenvalue weighted by atomic mass is 10.2. The maximum atomic E-state index is 12.6. The van der Waals surface area contributed by atoms with Gasteiger partial charge in [0, 0.05) is 10.0 Å². The molecule has 138 valence electrons. The van der Waals surface area contributed by atoms with E-state index in [4.69, 9.17) is 0 Å². The molecule has 0 atom stereocenters. The molecule has 27 heavy (non-hydrogen) atoms. The predicted octanol–water partition coefficient (Wildman–Crippen LogP) is 5.00. The third kappa shape index (κ3) is 4.96. The predicted molar refractivity (Wildman–Crippen MR) is 114 cm³/mol. The van der Waals surface area contributed by atoms with Crippen LogP contribution in [0.3, 0.4) is 0 Å². The van der Waals surface area contributed by atoms with E-state index in [-0.39, 0.29) is 4.90 Å². The van der Waals surface area contributed by atoms with Crippen LogP contribution in [0.1, 0.15) is 11.1 Å². The van der Waals surface area contributed by atoms with Gasteiger partial charge >= 0.3 is 0 Å². The van der Waals surface area contributed by atoms with Crippen LogP contribution in [-0.4, -0.2) is 14.6 Å². The van der Waals surface area contributed by atoms with E-state index in [1.54, 1.807) is 48.7 Å². The van der Waals surface area contributed by atoms with Crippen LogP contribution in [0.5, 0.6) is 0 Å². The van der Waals surface area contributed by atoms with Crippen molar-refractivity contribution in [3.05, 3.63) is 88.4 Å². The van der Waals surface area contributed by atoms with Gasteiger partial charge in [-0.2, -0.15) is 5.10 Å². The molecule has 0 fully saturated rings. The normalized spacial score (nSPS) is 11.5. The first kappa shape index (κ1) is 19.1. The number of hydrazone groups is 1. The summed E-state index contributed by atoms with van der Waals surface area (Å²) in [6.45, 7) is 1.91. The van der Waals surface area contributed by atoms with Crippen molar-refractivity contribution >= 4 is 43.5 Å². The van der Waals surface area contributed by atoms with Gasteiger partial charge in [0.05, 0.1) is 22.5 Å². The summed E-state index contributed by atoms with van der Waals surface area (Å²) in [6, 6.07) is 21.4. The number of nitrogens with zero attached hydrogens (tertiary/aromatic N) is 1. The highest BCUT2D eigenvalue weighted by Crippen LogP contribution is 2.22. The fourth-order valence-corrected chi connectivity index (χ4v) is 3.81. The van der Waals surface area contributed by atoms with Crippen molar-refractivity contribution in [2.45, 2.75) is 11.8 Å². The molecule has 3 aromatic carbocycles. The summed E-state index contributed by atoms with van der Waals surface area (Å²) >= 11 is 3.44. The van der Waals surface area contributed by atoms with E-state index in [2.05, 4.69) is 31.2 Å². The summed E-state index contributed by atoms with van der Waals surface area (Å²) in [5.41, 5.74) is 5.85. The zero-order chi connectivity index (χ0) is 19.3. The monoisotopic (exact) mass is 443 g/mol. The van der Waals surface area contributed by atoms with E-state index < -0.39 is 10.0 Å². The number of sulfonamides is 1. The first-order chi connectivity index (χ1) is 13.0. The summed E-state index contributed by atoms with van der Waals surface area (Å²) in [6.07, 6.45) is 1.58. The Morgan fingerprint density at radius 3 is 2.22 bits per heavy atom. The van der Waals surface area contributed by atoms with Crippen LogP contribution >= 0.6 is 15.9 Å². The second-order valence-electron chi connectivity index (χ2n) is 5.86. The molecule has 0 aliphatic heterocycles. The first-order valence-electron chi connectivity index (χ1n) is 8.18. The van der Waals surface area contributed by atoms with Gasteiger partial charge in [-0.05, 0) is 53.2 Å². The number of halogens is 1. The molecule has 0 amide bonds. The second kappa shape index (κ2) is 8.37. The third-order valence-corrected chi connectivity index (χ3v) is 5.87. The maximum absolute atomic E-state index is 12.6. The molecule has 3 aromatic rings. The standard InChI is InChI=1S/C20H18BrN3O2S/c1-15-10-12-17(13-11-15)27(25,26)24-19-8-4-2-6-16(19)14-22-23-20-9-5-3-7-18(20)21/h2-14,23-24H,1H3/b22-14-. The summed E-state index contributed by atoms with van der Waals surface area (Å²) in [5, 5.41) is 4.21. The SMILES string of the molecule is Cc1ccc(S(=O)(=O)Nc2ccccc2/C=N\Nc2ccccc2Br)cc1. The number of nitrogens with one attached hydrogen (secondary N) is 2. The van der Waals surface area contributed by atoms with Crippen LogP contribution in [-0.2, 0) is 10.0 Å². The largest absolute Gasteiger partial charge is 0.279 e. The van der Waals surface area contributed by atoms with E-state index in [9.17, 15) is 8.42 Å². The van der Waals surface area contributed by atoms with Crippen molar-refractivity contribution in [3.63, 3.8) is 0 Å². The average Bonchev–Trinajstić information content (AvgIpc) is 2.65. The second-order valence-corrected chi connectivity index (χ2v) is 8.39. The van der Waals surface area contributed by atoms with Crippen molar-refractivity contribution in [1.29, 1.82) is 0 Å². The van der Waals surface area contributed by atoms with Crippen molar-refractivity contribution in [3.8, 4) is 0 Å². The molecule has 0 aliphatic carbocycles. The summed E-state index contributed by atoms with van der Waals surface area (Å²) in [7, 11) is -3.68. The Kier molecular flexibility index (Phi) is 5.93. The number of para-hydroxylation sites is 2. The molecular weight excluding hydrogens is 426 g/mol. The minimum Gasteiger partial charge on any atom is -0.279 e. The molecule has 0 radical (unpaired) electrons. The number of rotatable bonds is 6. The minimum absolute atomic E-state index is 0.214. The quantitative estimate of drug-likeness (QED) is 0.415. The van der Waals surface area contributed by atoms with Crippen molar-refractivity contribution in [2.24, 2.45) is 5.10 Å². The Bertz CT molecular complexity index is 1060. The molecule has 0 heterocycles. The molecule has 0 bridgehead atoms. The molecule has 7 heteroatoms. The highest BCUT2D eigenvalue weighted by Gasteiger charge is 2.15. The van der Waals surface area contributed by atoms with Gasteiger partial charge in [0.15, 0.2) is 0 Å². The van der Waals surface area contributed by atoms with Crippen molar-refractivity contribution in [1.82, 2.24) is 0 Å². The van der Waals surface area contributed by atoms with E-state index in [1.807, 2.05) is 37.3 Å². The maximum Gasteiger partial charge on any atom is 0.261 e. The van der Waals surface area contributed by atoms with Gasteiger partial charge in [0.1, 0.15) is 0 Å². The van der Waals surface area contributed by atoms with E-state index in [1.165, 1.54) is 0 Å². The smallest absolute Gasteiger partial charge is 0.261 e. The van der Waals surface area contributed by atoms with Crippen LogP contribution in [0.15, 0.2) is 87.3 Å². The van der Waals surface area contributed by atoms with E-state index in [0.717, 1.165) is 15.7 Å². The fraction of sp³-hybridized carbons (Fsp3) is 0.0500.